The van der Waals surface area contributed by atoms with Gasteiger partial charge in [-0.15, -0.1) is 0 Å². The monoisotopic (exact) mass is 240 g/mol. The minimum absolute atomic E-state index is 0.0898. The highest BCUT2D eigenvalue weighted by atomic mass is 35.5. The highest BCUT2D eigenvalue weighted by Gasteiger charge is 2.10. The molecule has 1 amide bonds. The maximum atomic E-state index is 11.7. The first-order chi connectivity index (χ1) is 7.54. The van der Waals surface area contributed by atoms with Gasteiger partial charge >= 0.3 is 0 Å². The van der Waals surface area contributed by atoms with E-state index in [-0.39, 0.29) is 11.8 Å². The van der Waals surface area contributed by atoms with Crippen LogP contribution < -0.4 is 5.32 Å². The topological polar surface area (TPSA) is 42.0 Å². The van der Waals surface area contributed by atoms with Crippen LogP contribution in [0.15, 0.2) is 12.1 Å². The second-order valence-corrected chi connectivity index (χ2v) is 4.40. The molecule has 0 aromatic carbocycles. The molecule has 1 N–H and O–H groups in total. The second-order valence-electron chi connectivity index (χ2n) is 4.01. The number of rotatable bonds is 4. The van der Waals surface area contributed by atoms with E-state index in [2.05, 4.69) is 10.3 Å². The molecule has 0 aliphatic rings. The van der Waals surface area contributed by atoms with Crippen LogP contribution in [0.2, 0.25) is 5.15 Å². The average Bonchev–Trinajstić information content (AvgIpc) is 2.24. The molecule has 0 radical (unpaired) electrons. The maximum absolute atomic E-state index is 11.7. The van der Waals surface area contributed by atoms with Crippen LogP contribution in [0.4, 0.5) is 0 Å². The molecule has 1 heterocycles. The summed E-state index contributed by atoms with van der Waals surface area (Å²) in [5.74, 6) is 0.171. The normalized spacial score (nSPS) is 10.6. The zero-order valence-electron chi connectivity index (χ0n) is 9.88. The molecule has 0 atom stereocenters. The molecular formula is C12H17ClN2O. The number of nitrogens with zero attached hydrogens (tertiary/aromatic N) is 1. The number of amides is 1. The predicted molar refractivity (Wildman–Crippen MR) is 66.0 cm³/mol. The number of aromatic nitrogens is 1. The lowest BCUT2D eigenvalue weighted by atomic mass is 10.1. The molecule has 0 fully saturated rings. The molecular weight excluding hydrogens is 224 g/mol. The van der Waals surface area contributed by atoms with E-state index in [0.717, 1.165) is 12.1 Å². The van der Waals surface area contributed by atoms with Gasteiger partial charge in [-0.05, 0) is 24.5 Å². The number of nitrogens with one attached hydrogen (secondary N) is 1. The zero-order chi connectivity index (χ0) is 12.1. The van der Waals surface area contributed by atoms with Crippen LogP contribution in [-0.2, 0) is 0 Å². The van der Waals surface area contributed by atoms with E-state index in [4.69, 9.17) is 11.6 Å². The fourth-order valence-electron chi connectivity index (χ4n) is 1.28. The highest BCUT2D eigenvalue weighted by Crippen LogP contribution is 2.17. The quantitative estimate of drug-likeness (QED) is 0.823. The van der Waals surface area contributed by atoms with Crippen LogP contribution >= 0.6 is 11.6 Å². The molecule has 16 heavy (non-hydrogen) atoms. The summed E-state index contributed by atoms with van der Waals surface area (Å²) in [4.78, 5) is 15.9. The third-order valence-corrected chi connectivity index (χ3v) is 2.40. The first kappa shape index (κ1) is 13.0. The first-order valence-electron chi connectivity index (χ1n) is 5.50. The molecule has 0 aliphatic heterocycles. The zero-order valence-corrected chi connectivity index (χ0v) is 10.6. The first-order valence-corrected chi connectivity index (χ1v) is 5.88. The van der Waals surface area contributed by atoms with Gasteiger partial charge in [0.2, 0.25) is 0 Å². The van der Waals surface area contributed by atoms with E-state index in [1.165, 1.54) is 0 Å². The number of carbonyl (C=O) groups excluding carboxylic acids is 1. The van der Waals surface area contributed by atoms with E-state index in [0.29, 0.717) is 17.3 Å². The van der Waals surface area contributed by atoms with Gasteiger partial charge in [0.15, 0.2) is 0 Å². The lowest BCUT2D eigenvalue weighted by molar-refractivity contribution is 0.0953. The summed E-state index contributed by atoms with van der Waals surface area (Å²) >= 11 is 5.88. The molecule has 3 nitrogen and oxygen atoms in total. The van der Waals surface area contributed by atoms with Crippen molar-refractivity contribution in [1.82, 2.24) is 10.3 Å². The fraction of sp³-hybridized carbons (Fsp3) is 0.500. The van der Waals surface area contributed by atoms with E-state index in [1.807, 2.05) is 20.8 Å². The van der Waals surface area contributed by atoms with Gasteiger partial charge in [-0.1, -0.05) is 32.4 Å². The van der Waals surface area contributed by atoms with Crippen molar-refractivity contribution in [3.63, 3.8) is 0 Å². The van der Waals surface area contributed by atoms with Crippen LogP contribution in [-0.4, -0.2) is 17.4 Å². The fourth-order valence-corrected chi connectivity index (χ4v) is 1.50. The Morgan fingerprint density at radius 3 is 2.75 bits per heavy atom. The van der Waals surface area contributed by atoms with Gasteiger partial charge < -0.3 is 5.32 Å². The molecule has 0 saturated carbocycles. The molecule has 0 bridgehead atoms. The molecule has 0 aliphatic carbocycles. The van der Waals surface area contributed by atoms with E-state index >= 15 is 0 Å². The van der Waals surface area contributed by atoms with Crippen molar-refractivity contribution in [2.75, 3.05) is 6.54 Å². The summed E-state index contributed by atoms with van der Waals surface area (Å²) in [5.41, 5.74) is 1.42. The second kappa shape index (κ2) is 5.85. The van der Waals surface area contributed by atoms with Crippen molar-refractivity contribution in [1.29, 1.82) is 0 Å². The van der Waals surface area contributed by atoms with Crippen molar-refractivity contribution >= 4 is 17.5 Å². The van der Waals surface area contributed by atoms with Gasteiger partial charge in [-0.2, -0.15) is 0 Å². The molecule has 0 spiro atoms. The molecule has 1 rings (SSSR count). The SMILES string of the molecule is CCCNC(=O)c1cc(Cl)nc(C(C)C)c1. The number of hydrogen-bond donors (Lipinski definition) is 1. The van der Waals surface area contributed by atoms with Gasteiger partial charge in [-0.25, -0.2) is 4.98 Å². The third-order valence-electron chi connectivity index (χ3n) is 2.20. The van der Waals surface area contributed by atoms with Crippen molar-refractivity contribution in [3.8, 4) is 0 Å². The number of hydrogen-bond acceptors (Lipinski definition) is 2. The van der Waals surface area contributed by atoms with Crippen LogP contribution in [0.5, 0.6) is 0 Å². The maximum Gasteiger partial charge on any atom is 0.251 e. The molecule has 4 heteroatoms. The Labute approximate surface area is 101 Å². The van der Waals surface area contributed by atoms with Gasteiger partial charge in [0.25, 0.3) is 5.91 Å². The lowest BCUT2D eigenvalue weighted by Gasteiger charge is -2.08. The Bertz CT molecular complexity index is 377. The van der Waals surface area contributed by atoms with Gasteiger partial charge in [0, 0.05) is 17.8 Å². The highest BCUT2D eigenvalue weighted by molar-refractivity contribution is 6.29. The summed E-state index contributed by atoms with van der Waals surface area (Å²) in [6.45, 7) is 6.73. The van der Waals surface area contributed by atoms with Crippen molar-refractivity contribution in [2.45, 2.75) is 33.1 Å². The summed E-state index contributed by atoms with van der Waals surface area (Å²) < 4.78 is 0. The molecule has 1 aromatic heterocycles. The largest absolute Gasteiger partial charge is 0.352 e. The molecule has 88 valence electrons. The van der Waals surface area contributed by atoms with Gasteiger partial charge in [0.1, 0.15) is 5.15 Å². The minimum atomic E-state index is -0.0898. The van der Waals surface area contributed by atoms with E-state index in [1.54, 1.807) is 12.1 Å². The van der Waals surface area contributed by atoms with Crippen LogP contribution in [0, 0.1) is 0 Å². The van der Waals surface area contributed by atoms with Crippen LogP contribution in [0.3, 0.4) is 0 Å². The molecule has 0 unspecified atom stereocenters. The van der Waals surface area contributed by atoms with Crippen LogP contribution in [0.25, 0.3) is 0 Å². The molecule has 0 saturated heterocycles. The van der Waals surface area contributed by atoms with E-state index in [9.17, 15) is 4.79 Å². The summed E-state index contributed by atoms with van der Waals surface area (Å²) in [5, 5.41) is 3.19. The lowest BCUT2D eigenvalue weighted by Crippen LogP contribution is -2.24. The van der Waals surface area contributed by atoms with Crippen LogP contribution in [0.1, 0.15) is 49.2 Å². The van der Waals surface area contributed by atoms with Gasteiger partial charge in [-0.3, -0.25) is 4.79 Å². The van der Waals surface area contributed by atoms with Gasteiger partial charge in [0.05, 0.1) is 0 Å². The molecule has 1 aromatic rings. The smallest absolute Gasteiger partial charge is 0.251 e. The predicted octanol–water partition coefficient (Wildman–Crippen LogP) is 3.00. The Morgan fingerprint density at radius 2 is 2.19 bits per heavy atom. The standard InChI is InChI=1S/C12H17ClN2O/c1-4-5-14-12(16)9-6-10(8(2)3)15-11(13)7-9/h6-8H,4-5H2,1-3H3,(H,14,16). The average molecular weight is 241 g/mol. The van der Waals surface area contributed by atoms with Crippen molar-refractivity contribution in [2.24, 2.45) is 0 Å². The Balaban J connectivity index is 2.91. The summed E-state index contributed by atoms with van der Waals surface area (Å²) in [7, 11) is 0. The number of halogens is 1. The summed E-state index contributed by atoms with van der Waals surface area (Å²) in [6, 6.07) is 3.39. The van der Waals surface area contributed by atoms with E-state index < -0.39 is 0 Å². The summed E-state index contributed by atoms with van der Waals surface area (Å²) in [6.07, 6.45) is 0.918. The Morgan fingerprint density at radius 1 is 1.50 bits per heavy atom. The Hall–Kier alpha value is -1.09. The number of carbonyl (C=O) groups is 1. The number of pyridine rings is 1. The van der Waals surface area contributed by atoms with Crippen molar-refractivity contribution in [3.05, 3.63) is 28.5 Å². The third kappa shape index (κ3) is 3.49. The Kier molecular flexibility index (Phi) is 4.74. The minimum Gasteiger partial charge on any atom is -0.352 e. The van der Waals surface area contributed by atoms with Crippen molar-refractivity contribution < 1.29 is 4.79 Å².